The largest absolute Gasteiger partial charge is 0.481 e. The Morgan fingerprint density at radius 2 is 1.97 bits per heavy atom. The molecular formula is C22H20N6O4S. The number of thiazole rings is 1. The van der Waals surface area contributed by atoms with Gasteiger partial charge in [0, 0.05) is 36.0 Å². The van der Waals surface area contributed by atoms with E-state index in [9.17, 15) is 9.59 Å². The molecule has 0 bridgehead atoms. The number of carbonyl (C=O) groups excluding carboxylic acids is 2. The number of nitrogens with one attached hydrogen (secondary N) is 1. The summed E-state index contributed by atoms with van der Waals surface area (Å²) in [6.07, 6.45) is 3.11. The Labute approximate surface area is 192 Å². The van der Waals surface area contributed by atoms with E-state index in [1.165, 1.54) is 24.6 Å². The van der Waals surface area contributed by atoms with E-state index in [0.717, 1.165) is 17.8 Å². The number of likely N-dealkylation sites (tertiary alicyclic amines) is 1. The van der Waals surface area contributed by atoms with Gasteiger partial charge in [0.15, 0.2) is 0 Å². The Morgan fingerprint density at radius 1 is 1.15 bits per heavy atom. The highest BCUT2D eigenvalue weighted by Gasteiger charge is 2.27. The maximum atomic E-state index is 12.9. The normalized spacial score (nSPS) is 14.4. The van der Waals surface area contributed by atoms with Gasteiger partial charge in [0.2, 0.25) is 5.88 Å². The molecule has 1 N–H and O–H groups in total. The lowest BCUT2D eigenvalue weighted by Gasteiger charge is -2.31. The van der Waals surface area contributed by atoms with Crippen molar-refractivity contribution in [3.63, 3.8) is 0 Å². The zero-order chi connectivity index (χ0) is 22.8. The van der Waals surface area contributed by atoms with Gasteiger partial charge in [0.25, 0.3) is 11.8 Å². The van der Waals surface area contributed by atoms with Gasteiger partial charge in [-0.05, 0) is 47.4 Å². The lowest BCUT2D eigenvalue weighted by Crippen LogP contribution is -2.37. The zero-order valence-corrected chi connectivity index (χ0v) is 18.5. The Morgan fingerprint density at radius 3 is 2.73 bits per heavy atom. The second-order valence-corrected chi connectivity index (χ2v) is 8.54. The first kappa shape index (κ1) is 21.0. The topological polar surface area (TPSA) is 123 Å². The Balaban J connectivity index is 1.19. The molecule has 168 valence electrons. The molecule has 4 heterocycles. The summed E-state index contributed by atoms with van der Waals surface area (Å²) in [7, 11) is 1.53. The minimum Gasteiger partial charge on any atom is -0.481 e. The maximum Gasteiger partial charge on any atom is 0.275 e. The van der Waals surface area contributed by atoms with Gasteiger partial charge >= 0.3 is 0 Å². The average molecular weight is 465 g/mol. The molecule has 2 amide bonds. The number of anilines is 1. The number of piperidine rings is 1. The van der Waals surface area contributed by atoms with E-state index in [-0.39, 0.29) is 17.7 Å². The average Bonchev–Trinajstić information content (AvgIpc) is 3.54. The van der Waals surface area contributed by atoms with Crippen LogP contribution >= 0.6 is 11.3 Å². The first-order valence-electron chi connectivity index (χ1n) is 10.4. The molecule has 5 rings (SSSR count). The van der Waals surface area contributed by atoms with Gasteiger partial charge < -0.3 is 15.0 Å². The van der Waals surface area contributed by atoms with E-state index in [4.69, 9.17) is 9.37 Å². The van der Waals surface area contributed by atoms with Crippen molar-refractivity contribution < 1.29 is 19.0 Å². The van der Waals surface area contributed by atoms with Crippen molar-refractivity contribution in [2.45, 2.75) is 18.8 Å². The van der Waals surface area contributed by atoms with Gasteiger partial charge in [-0.3, -0.25) is 9.59 Å². The first-order valence-corrected chi connectivity index (χ1v) is 11.3. The molecule has 0 atom stereocenters. The highest BCUT2D eigenvalue weighted by Crippen LogP contribution is 2.31. The highest BCUT2D eigenvalue weighted by atomic mass is 32.1. The molecule has 0 saturated carbocycles. The van der Waals surface area contributed by atoms with Crippen molar-refractivity contribution in [2.24, 2.45) is 0 Å². The van der Waals surface area contributed by atoms with Crippen LogP contribution in [0.5, 0.6) is 5.88 Å². The van der Waals surface area contributed by atoms with Crippen molar-refractivity contribution >= 4 is 39.9 Å². The molecular weight excluding hydrogens is 444 g/mol. The minimum atomic E-state index is -0.283. The lowest BCUT2D eigenvalue weighted by atomic mass is 9.97. The van der Waals surface area contributed by atoms with Gasteiger partial charge in [-0.2, -0.15) is 0 Å². The smallest absolute Gasteiger partial charge is 0.275 e. The Bertz CT molecular complexity index is 1290. The molecule has 1 saturated heterocycles. The third kappa shape index (κ3) is 4.40. The molecule has 0 radical (unpaired) electrons. The number of carbonyl (C=O) groups is 2. The van der Waals surface area contributed by atoms with Crippen LogP contribution in [0.15, 0.2) is 46.5 Å². The fourth-order valence-electron chi connectivity index (χ4n) is 3.78. The fourth-order valence-corrected chi connectivity index (χ4v) is 4.75. The number of hydrogen-bond donors (Lipinski definition) is 1. The Hall–Kier alpha value is -3.86. The van der Waals surface area contributed by atoms with E-state index in [0.29, 0.717) is 46.9 Å². The maximum absolute atomic E-state index is 12.9. The molecule has 3 aromatic heterocycles. The number of rotatable bonds is 5. The number of methoxy groups -OCH3 is 1. The van der Waals surface area contributed by atoms with Crippen molar-refractivity contribution in [1.82, 2.24) is 25.2 Å². The van der Waals surface area contributed by atoms with Crippen LogP contribution in [-0.4, -0.2) is 57.2 Å². The molecule has 1 aromatic carbocycles. The van der Waals surface area contributed by atoms with E-state index in [1.54, 1.807) is 35.7 Å². The van der Waals surface area contributed by atoms with Crippen molar-refractivity contribution in [1.29, 1.82) is 0 Å². The molecule has 33 heavy (non-hydrogen) atoms. The van der Waals surface area contributed by atoms with Gasteiger partial charge in [-0.25, -0.2) is 14.6 Å². The second-order valence-electron chi connectivity index (χ2n) is 7.65. The Kier molecular flexibility index (Phi) is 5.69. The number of nitrogens with zero attached hydrogens (tertiary/aromatic N) is 5. The van der Waals surface area contributed by atoms with Crippen LogP contribution in [0.4, 0.5) is 5.69 Å². The monoisotopic (exact) mass is 464 g/mol. The number of aromatic nitrogens is 4. The lowest BCUT2D eigenvalue weighted by molar-refractivity contribution is 0.0713. The summed E-state index contributed by atoms with van der Waals surface area (Å²) in [4.78, 5) is 35.9. The fraction of sp³-hybridized carbons (Fsp3) is 0.273. The minimum absolute atomic E-state index is 0.0364. The number of ether oxygens (including phenoxy) is 1. The number of benzene rings is 1. The third-order valence-electron chi connectivity index (χ3n) is 5.59. The zero-order valence-electron chi connectivity index (χ0n) is 17.7. The molecule has 11 heteroatoms. The van der Waals surface area contributed by atoms with E-state index in [2.05, 4.69) is 25.6 Å². The number of hydrogen-bond acceptors (Lipinski definition) is 9. The summed E-state index contributed by atoms with van der Waals surface area (Å²) in [6.45, 7) is 1.24. The van der Waals surface area contributed by atoms with Crippen molar-refractivity contribution in [3.8, 4) is 5.88 Å². The first-order chi connectivity index (χ1) is 16.1. The van der Waals surface area contributed by atoms with Crippen LogP contribution < -0.4 is 10.1 Å². The highest BCUT2D eigenvalue weighted by molar-refractivity contribution is 7.10. The molecule has 0 aliphatic carbocycles. The molecule has 1 aliphatic rings. The molecule has 1 aliphatic heterocycles. The molecule has 4 aromatic rings. The van der Waals surface area contributed by atoms with Crippen LogP contribution in [-0.2, 0) is 0 Å². The predicted molar refractivity (Wildman–Crippen MR) is 121 cm³/mol. The molecule has 10 nitrogen and oxygen atoms in total. The third-order valence-corrected chi connectivity index (χ3v) is 6.60. The molecule has 0 unspecified atom stereocenters. The van der Waals surface area contributed by atoms with Gasteiger partial charge in [-0.15, -0.1) is 11.3 Å². The van der Waals surface area contributed by atoms with Gasteiger partial charge in [0.05, 0.1) is 24.0 Å². The molecule has 1 fully saturated rings. The summed E-state index contributed by atoms with van der Waals surface area (Å²) >= 11 is 1.47. The van der Waals surface area contributed by atoms with Gasteiger partial charge in [-0.1, -0.05) is 0 Å². The quantitative estimate of drug-likeness (QED) is 0.477. The molecule has 0 spiro atoms. The van der Waals surface area contributed by atoms with Crippen LogP contribution in [0.2, 0.25) is 0 Å². The summed E-state index contributed by atoms with van der Waals surface area (Å²) in [5.74, 6) is 0.371. The number of fused-ring (bicyclic) bond motifs is 1. The predicted octanol–water partition coefficient (Wildman–Crippen LogP) is 3.36. The van der Waals surface area contributed by atoms with Gasteiger partial charge in [0.1, 0.15) is 16.7 Å². The summed E-state index contributed by atoms with van der Waals surface area (Å²) < 4.78 is 9.72. The standard InChI is InChI=1S/C22H20N6O4S/c1-31-19-5-3-15(11-23-19)24-20(29)18-12-33-21(25-18)13-6-8-28(9-7-13)22(30)14-2-4-16-17(10-14)27-32-26-16/h2-5,10-13H,6-9H2,1H3,(H,24,29). The van der Waals surface area contributed by atoms with Crippen molar-refractivity contribution in [2.75, 3.05) is 25.5 Å². The second kappa shape index (κ2) is 8.94. The van der Waals surface area contributed by atoms with Crippen LogP contribution in [0.25, 0.3) is 11.0 Å². The van der Waals surface area contributed by atoms with Crippen LogP contribution in [0, 0.1) is 0 Å². The van der Waals surface area contributed by atoms with E-state index >= 15 is 0 Å². The van der Waals surface area contributed by atoms with Crippen molar-refractivity contribution in [3.05, 3.63) is 58.2 Å². The van der Waals surface area contributed by atoms with Crippen LogP contribution in [0.1, 0.15) is 44.6 Å². The summed E-state index contributed by atoms with van der Waals surface area (Å²) in [5, 5.41) is 13.0. The van der Waals surface area contributed by atoms with E-state index < -0.39 is 0 Å². The summed E-state index contributed by atoms with van der Waals surface area (Å²) in [6, 6.07) is 8.57. The van der Waals surface area contributed by atoms with Crippen LogP contribution in [0.3, 0.4) is 0 Å². The number of pyridine rings is 1. The SMILES string of the molecule is COc1ccc(NC(=O)c2csc(C3CCN(C(=O)c4ccc5nonc5c4)CC3)n2)cn1. The van der Waals surface area contributed by atoms with E-state index in [1.807, 2.05) is 4.90 Å². The summed E-state index contributed by atoms with van der Waals surface area (Å²) in [5.41, 5.74) is 2.70. The number of amides is 2.